The summed E-state index contributed by atoms with van der Waals surface area (Å²) in [5.41, 5.74) is 4.91. The molecule has 3 rings (SSSR count). The number of hydrogen-bond acceptors (Lipinski definition) is 2. The first kappa shape index (κ1) is 11.9. The molecule has 0 aliphatic heterocycles. The molecule has 3 aromatic rings. The Hall–Kier alpha value is -2.19. The maximum Gasteiger partial charge on any atom is 0.151 e. The zero-order chi connectivity index (χ0) is 13.1. The summed E-state index contributed by atoms with van der Waals surface area (Å²) in [6.07, 6.45) is 0.954. The second-order valence-corrected chi connectivity index (χ2v) is 5.04. The molecule has 0 unspecified atom stereocenters. The summed E-state index contributed by atoms with van der Waals surface area (Å²) >= 11 is 1.64. The molecule has 0 atom stereocenters. The SMILES string of the molecule is O=Cc1c(-c2ccccc2)cccc1-c1ccsc1. The van der Waals surface area contributed by atoms with Gasteiger partial charge in [-0.15, -0.1) is 0 Å². The summed E-state index contributed by atoms with van der Waals surface area (Å²) < 4.78 is 0. The van der Waals surface area contributed by atoms with Crippen LogP contribution in [-0.4, -0.2) is 6.29 Å². The van der Waals surface area contributed by atoms with Crippen LogP contribution >= 0.6 is 11.3 Å². The third-order valence-electron chi connectivity index (χ3n) is 3.14. The van der Waals surface area contributed by atoms with Gasteiger partial charge in [0.1, 0.15) is 0 Å². The minimum Gasteiger partial charge on any atom is -0.298 e. The molecule has 0 spiro atoms. The lowest BCUT2D eigenvalue weighted by Gasteiger charge is -2.09. The molecule has 0 amide bonds. The summed E-state index contributed by atoms with van der Waals surface area (Å²) in [5, 5.41) is 4.09. The highest BCUT2D eigenvalue weighted by Crippen LogP contribution is 2.32. The zero-order valence-corrected chi connectivity index (χ0v) is 11.1. The van der Waals surface area contributed by atoms with Crippen LogP contribution in [0, 0.1) is 0 Å². The predicted octanol–water partition coefficient (Wildman–Crippen LogP) is 4.89. The van der Waals surface area contributed by atoms with Crippen LogP contribution in [0.2, 0.25) is 0 Å². The number of benzene rings is 2. The van der Waals surface area contributed by atoms with E-state index in [1.807, 2.05) is 60.0 Å². The van der Waals surface area contributed by atoms with Crippen LogP contribution in [0.15, 0.2) is 65.4 Å². The maximum absolute atomic E-state index is 11.5. The highest BCUT2D eigenvalue weighted by atomic mass is 32.1. The number of aldehydes is 1. The van der Waals surface area contributed by atoms with Gasteiger partial charge in [-0.25, -0.2) is 0 Å². The van der Waals surface area contributed by atoms with Crippen molar-refractivity contribution in [1.82, 2.24) is 0 Å². The van der Waals surface area contributed by atoms with Gasteiger partial charge in [-0.1, -0.05) is 48.5 Å². The quantitative estimate of drug-likeness (QED) is 0.615. The Balaban J connectivity index is 2.22. The predicted molar refractivity (Wildman–Crippen MR) is 80.6 cm³/mol. The Morgan fingerprint density at radius 2 is 1.53 bits per heavy atom. The van der Waals surface area contributed by atoms with E-state index in [0.717, 1.165) is 34.1 Å². The van der Waals surface area contributed by atoms with E-state index < -0.39 is 0 Å². The van der Waals surface area contributed by atoms with Crippen molar-refractivity contribution in [3.05, 3.63) is 70.9 Å². The van der Waals surface area contributed by atoms with Gasteiger partial charge in [0.15, 0.2) is 6.29 Å². The zero-order valence-electron chi connectivity index (χ0n) is 10.2. The van der Waals surface area contributed by atoms with Crippen molar-refractivity contribution < 1.29 is 4.79 Å². The number of thiophene rings is 1. The molecule has 1 nitrogen and oxygen atoms in total. The lowest BCUT2D eigenvalue weighted by Crippen LogP contribution is -1.91. The van der Waals surface area contributed by atoms with E-state index >= 15 is 0 Å². The molecular formula is C17H12OS. The molecule has 2 aromatic carbocycles. The van der Waals surface area contributed by atoms with Crippen molar-refractivity contribution in [3.63, 3.8) is 0 Å². The van der Waals surface area contributed by atoms with E-state index in [-0.39, 0.29) is 0 Å². The fourth-order valence-corrected chi connectivity index (χ4v) is 2.89. The van der Waals surface area contributed by atoms with E-state index in [1.54, 1.807) is 11.3 Å². The Labute approximate surface area is 116 Å². The van der Waals surface area contributed by atoms with Crippen LogP contribution in [-0.2, 0) is 0 Å². The fourth-order valence-electron chi connectivity index (χ4n) is 2.23. The third kappa shape index (κ3) is 2.23. The first-order valence-corrected chi connectivity index (χ1v) is 7.00. The van der Waals surface area contributed by atoms with E-state index in [2.05, 4.69) is 5.38 Å². The molecule has 19 heavy (non-hydrogen) atoms. The van der Waals surface area contributed by atoms with Gasteiger partial charge in [0.05, 0.1) is 0 Å². The Morgan fingerprint density at radius 1 is 0.789 bits per heavy atom. The molecule has 0 N–H and O–H groups in total. The van der Waals surface area contributed by atoms with Crippen molar-refractivity contribution in [2.45, 2.75) is 0 Å². The summed E-state index contributed by atoms with van der Waals surface area (Å²) in [6.45, 7) is 0. The highest BCUT2D eigenvalue weighted by molar-refractivity contribution is 7.08. The topological polar surface area (TPSA) is 17.1 Å². The van der Waals surface area contributed by atoms with Gasteiger partial charge >= 0.3 is 0 Å². The van der Waals surface area contributed by atoms with Crippen LogP contribution in [0.25, 0.3) is 22.3 Å². The normalized spacial score (nSPS) is 10.3. The van der Waals surface area contributed by atoms with Crippen LogP contribution in [0.5, 0.6) is 0 Å². The molecule has 0 radical (unpaired) electrons. The van der Waals surface area contributed by atoms with Gasteiger partial charge in [0.2, 0.25) is 0 Å². The smallest absolute Gasteiger partial charge is 0.151 e. The van der Waals surface area contributed by atoms with E-state index in [9.17, 15) is 4.79 Å². The lowest BCUT2D eigenvalue weighted by molar-refractivity contribution is 0.112. The highest BCUT2D eigenvalue weighted by Gasteiger charge is 2.10. The molecule has 0 saturated heterocycles. The minimum absolute atomic E-state index is 0.757. The largest absolute Gasteiger partial charge is 0.298 e. The second-order valence-electron chi connectivity index (χ2n) is 4.26. The summed E-state index contributed by atoms with van der Waals surface area (Å²) in [4.78, 5) is 11.5. The van der Waals surface area contributed by atoms with Crippen LogP contribution < -0.4 is 0 Å². The van der Waals surface area contributed by atoms with Gasteiger partial charge in [-0.3, -0.25) is 4.79 Å². The molecular weight excluding hydrogens is 252 g/mol. The lowest BCUT2D eigenvalue weighted by atomic mass is 9.94. The summed E-state index contributed by atoms with van der Waals surface area (Å²) in [7, 11) is 0. The summed E-state index contributed by atoms with van der Waals surface area (Å²) in [6, 6.07) is 18.0. The standard InChI is InChI=1S/C17H12OS/c18-11-17-15(13-5-2-1-3-6-13)7-4-8-16(17)14-9-10-19-12-14/h1-12H. The first-order valence-electron chi connectivity index (χ1n) is 6.06. The van der Waals surface area contributed by atoms with Crippen LogP contribution in [0.3, 0.4) is 0 Å². The molecule has 0 aliphatic rings. The monoisotopic (exact) mass is 264 g/mol. The molecule has 0 aliphatic carbocycles. The van der Waals surface area contributed by atoms with Crippen molar-refractivity contribution in [2.75, 3.05) is 0 Å². The van der Waals surface area contributed by atoms with Gasteiger partial charge in [-0.2, -0.15) is 11.3 Å². The molecule has 0 fully saturated rings. The first-order chi connectivity index (χ1) is 9.40. The van der Waals surface area contributed by atoms with E-state index in [4.69, 9.17) is 0 Å². The van der Waals surface area contributed by atoms with Gasteiger partial charge in [0, 0.05) is 5.56 Å². The third-order valence-corrected chi connectivity index (χ3v) is 3.82. The maximum atomic E-state index is 11.5. The van der Waals surface area contributed by atoms with Gasteiger partial charge in [-0.05, 0) is 39.1 Å². The van der Waals surface area contributed by atoms with Gasteiger partial charge in [0.25, 0.3) is 0 Å². The van der Waals surface area contributed by atoms with E-state index in [1.165, 1.54) is 0 Å². The molecule has 0 saturated carbocycles. The van der Waals surface area contributed by atoms with Gasteiger partial charge < -0.3 is 0 Å². The Bertz CT molecular complexity index is 685. The van der Waals surface area contributed by atoms with Crippen molar-refractivity contribution >= 4 is 17.6 Å². The van der Waals surface area contributed by atoms with Crippen molar-refractivity contribution in [3.8, 4) is 22.3 Å². The number of hydrogen-bond donors (Lipinski definition) is 0. The van der Waals surface area contributed by atoms with E-state index in [0.29, 0.717) is 0 Å². The molecule has 1 aromatic heterocycles. The van der Waals surface area contributed by atoms with Crippen LogP contribution in [0.1, 0.15) is 10.4 Å². The Kier molecular flexibility index (Phi) is 3.25. The Morgan fingerprint density at radius 3 is 2.16 bits per heavy atom. The molecule has 1 heterocycles. The number of carbonyl (C=O) groups excluding carboxylic acids is 1. The minimum atomic E-state index is 0.757. The number of rotatable bonds is 3. The van der Waals surface area contributed by atoms with Crippen molar-refractivity contribution in [2.24, 2.45) is 0 Å². The fraction of sp³-hybridized carbons (Fsp3) is 0. The van der Waals surface area contributed by atoms with Crippen molar-refractivity contribution in [1.29, 1.82) is 0 Å². The molecule has 0 bridgehead atoms. The number of carbonyl (C=O) groups is 1. The van der Waals surface area contributed by atoms with Crippen LogP contribution in [0.4, 0.5) is 0 Å². The average molecular weight is 264 g/mol. The summed E-state index contributed by atoms with van der Waals surface area (Å²) in [5.74, 6) is 0. The molecule has 92 valence electrons. The average Bonchev–Trinajstić information content (AvgIpc) is 3.01. The second kappa shape index (κ2) is 5.21. The molecule has 2 heteroatoms.